The average molecular weight is 519 g/mol. The van der Waals surface area contributed by atoms with E-state index in [4.69, 9.17) is 0 Å². The van der Waals surface area contributed by atoms with E-state index in [0.29, 0.717) is 22.2 Å². The fourth-order valence-electron chi connectivity index (χ4n) is 4.13. The fraction of sp³-hybridized carbons (Fsp3) is 0.286. The van der Waals surface area contributed by atoms with Gasteiger partial charge in [0.05, 0.1) is 0 Å². The second-order valence-electron chi connectivity index (χ2n) is 8.78. The van der Waals surface area contributed by atoms with E-state index >= 15 is 4.39 Å². The van der Waals surface area contributed by atoms with Gasteiger partial charge in [-0.2, -0.15) is 0 Å². The van der Waals surface area contributed by atoms with Crippen LogP contribution >= 0.6 is 0 Å². The van der Waals surface area contributed by atoms with Crippen molar-refractivity contribution >= 4 is 10.8 Å². The summed E-state index contributed by atoms with van der Waals surface area (Å²) >= 11 is 0. The highest BCUT2D eigenvalue weighted by Crippen LogP contribution is 2.31. The van der Waals surface area contributed by atoms with Gasteiger partial charge in [-0.25, -0.2) is 23.1 Å². The zero-order valence-corrected chi connectivity index (χ0v) is 20.0. The molecular formula is C28H24F6N2O. The first-order valence-corrected chi connectivity index (χ1v) is 11.9. The van der Waals surface area contributed by atoms with Gasteiger partial charge in [-0.3, -0.25) is 0 Å². The Balaban J connectivity index is 1.49. The van der Waals surface area contributed by atoms with Gasteiger partial charge in [-0.05, 0) is 66.0 Å². The molecule has 0 radical (unpaired) electrons. The van der Waals surface area contributed by atoms with Crippen LogP contribution < -0.4 is 4.74 Å². The molecule has 1 heterocycles. The van der Waals surface area contributed by atoms with E-state index in [-0.39, 0.29) is 18.4 Å². The third kappa shape index (κ3) is 6.58. The van der Waals surface area contributed by atoms with Gasteiger partial charge in [0.2, 0.25) is 5.75 Å². The van der Waals surface area contributed by atoms with Crippen LogP contribution in [0.3, 0.4) is 0 Å². The number of aromatic nitrogens is 2. The lowest BCUT2D eigenvalue weighted by Crippen LogP contribution is -2.19. The van der Waals surface area contributed by atoms with E-state index in [9.17, 15) is 22.0 Å². The summed E-state index contributed by atoms with van der Waals surface area (Å²) in [5.74, 6) is -4.41. The van der Waals surface area contributed by atoms with Crippen molar-refractivity contribution in [2.75, 3.05) is 0 Å². The Labute approximate surface area is 210 Å². The standard InChI is InChI=1S/C28H24F6N2O/c1-2-3-4-5-18-15-35-27(36-16-18)21-10-11-22-20(14-21)9-8-19(25(22)31)7-6-17-12-23(29)26(24(30)13-17)37-28(32,33)34/h8-16H,2-7H2,1H3. The van der Waals surface area contributed by atoms with Crippen molar-refractivity contribution < 1.29 is 31.1 Å². The average Bonchev–Trinajstić information content (AvgIpc) is 2.86. The molecule has 3 nitrogen and oxygen atoms in total. The van der Waals surface area contributed by atoms with E-state index < -0.39 is 29.6 Å². The Morgan fingerprint density at radius 3 is 2.14 bits per heavy atom. The quantitative estimate of drug-likeness (QED) is 0.166. The number of aryl methyl sites for hydroxylation is 3. The molecule has 0 atom stereocenters. The van der Waals surface area contributed by atoms with Gasteiger partial charge >= 0.3 is 6.36 Å². The maximum atomic E-state index is 15.2. The molecule has 37 heavy (non-hydrogen) atoms. The predicted molar refractivity (Wildman–Crippen MR) is 129 cm³/mol. The first-order valence-electron chi connectivity index (χ1n) is 11.9. The van der Waals surface area contributed by atoms with E-state index in [0.717, 1.165) is 48.9 Å². The lowest BCUT2D eigenvalue weighted by molar-refractivity contribution is -0.276. The van der Waals surface area contributed by atoms with Crippen molar-refractivity contribution in [3.63, 3.8) is 0 Å². The van der Waals surface area contributed by atoms with Crippen LogP contribution in [-0.4, -0.2) is 16.3 Å². The molecule has 1 aromatic heterocycles. The Kier molecular flexibility index (Phi) is 8.00. The largest absolute Gasteiger partial charge is 0.573 e. The van der Waals surface area contributed by atoms with E-state index in [1.165, 1.54) is 0 Å². The normalized spacial score (nSPS) is 11.8. The molecule has 0 N–H and O–H groups in total. The van der Waals surface area contributed by atoms with E-state index in [2.05, 4.69) is 21.6 Å². The van der Waals surface area contributed by atoms with Gasteiger partial charge in [-0.15, -0.1) is 13.2 Å². The first kappa shape index (κ1) is 26.4. The predicted octanol–water partition coefficient (Wildman–Crippen LogP) is 8.13. The monoisotopic (exact) mass is 518 g/mol. The summed E-state index contributed by atoms with van der Waals surface area (Å²) in [5, 5.41) is 1.00. The van der Waals surface area contributed by atoms with Crippen molar-refractivity contribution in [1.29, 1.82) is 0 Å². The molecular weight excluding hydrogens is 494 g/mol. The van der Waals surface area contributed by atoms with Crippen LogP contribution in [0.2, 0.25) is 0 Å². The van der Waals surface area contributed by atoms with Gasteiger partial charge < -0.3 is 4.74 Å². The van der Waals surface area contributed by atoms with E-state index in [1.54, 1.807) is 42.7 Å². The number of hydrogen-bond donors (Lipinski definition) is 0. The minimum absolute atomic E-state index is 0.0130. The Morgan fingerprint density at radius 1 is 0.784 bits per heavy atom. The van der Waals surface area contributed by atoms with Crippen LogP contribution in [0, 0.1) is 17.5 Å². The number of ether oxygens (including phenoxy) is 1. The molecule has 0 saturated heterocycles. The molecule has 0 spiro atoms. The summed E-state index contributed by atoms with van der Waals surface area (Å²) in [6, 6.07) is 9.97. The van der Waals surface area contributed by atoms with Crippen molar-refractivity contribution in [3.05, 3.63) is 89.0 Å². The van der Waals surface area contributed by atoms with Crippen LogP contribution in [0.25, 0.3) is 22.2 Å². The summed E-state index contributed by atoms with van der Waals surface area (Å²) in [5.41, 5.74) is 2.20. The maximum absolute atomic E-state index is 15.2. The van der Waals surface area contributed by atoms with Gasteiger partial charge in [0.15, 0.2) is 17.5 Å². The Hall–Kier alpha value is -3.62. The summed E-state index contributed by atoms with van der Waals surface area (Å²) in [4.78, 5) is 8.88. The highest BCUT2D eigenvalue weighted by atomic mass is 19.4. The highest BCUT2D eigenvalue weighted by molar-refractivity contribution is 5.87. The summed E-state index contributed by atoms with van der Waals surface area (Å²) < 4.78 is 83.5. The molecule has 0 bridgehead atoms. The van der Waals surface area contributed by atoms with Crippen molar-refractivity contribution in [2.24, 2.45) is 0 Å². The van der Waals surface area contributed by atoms with E-state index in [1.807, 2.05) is 0 Å². The summed E-state index contributed by atoms with van der Waals surface area (Å²) in [7, 11) is 0. The zero-order valence-electron chi connectivity index (χ0n) is 20.0. The molecule has 0 fully saturated rings. The lowest BCUT2D eigenvalue weighted by Gasteiger charge is -2.12. The third-order valence-corrected chi connectivity index (χ3v) is 6.03. The SMILES string of the molecule is CCCCCc1cnc(-c2ccc3c(F)c(CCc4cc(F)c(OC(F)(F)F)c(F)c4)ccc3c2)nc1. The number of unbranched alkanes of at least 4 members (excludes halogenated alkanes) is 2. The van der Waals surface area contributed by atoms with Crippen LogP contribution in [0.15, 0.2) is 54.9 Å². The molecule has 0 aliphatic heterocycles. The number of alkyl halides is 3. The van der Waals surface area contributed by atoms with Crippen LogP contribution in [0.4, 0.5) is 26.3 Å². The molecule has 0 unspecified atom stereocenters. The molecule has 4 rings (SSSR count). The van der Waals surface area contributed by atoms with Crippen LogP contribution in [-0.2, 0) is 19.3 Å². The second-order valence-corrected chi connectivity index (χ2v) is 8.78. The third-order valence-electron chi connectivity index (χ3n) is 6.03. The molecule has 4 aromatic rings. The Morgan fingerprint density at radius 2 is 1.49 bits per heavy atom. The van der Waals surface area contributed by atoms with Gasteiger partial charge in [-0.1, -0.05) is 44.0 Å². The first-order chi connectivity index (χ1) is 17.6. The molecule has 194 valence electrons. The molecule has 0 aliphatic rings. The molecule has 9 heteroatoms. The second kappa shape index (κ2) is 11.2. The lowest BCUT2D eigenvalue weighted by atomic mass is 9.98. The minimum atomic E-state index is -5.22. The number of rotatable bonds is 9. The minimum Gasteiger partial charge on any atom is -0.399 e. The molecule has 0 saturated carbocycles. The van der Waals surface area contributed by atoms with Crippen LogP contribution in [0.5, 0.6) is 5.75 Å². The number of hydrogen-bond acceptors (Lipinski definition) is 3. The number of nitrogens with zero attached hydrogens (tertiary/aromatic N) is 2. The maximum Gasteiger partial charge on any atom is 0.573 e. The topological polar surface area (TPSA) is 35.0 Å². The van der Waals surface area contributed by atoms with Crippen molar-refractivity contribution in [1.82, 2.24) is 9.97 Å². The number of benzene rings is 3. The van der Waals surface area contributed by atoms with Gasteiger partial charge in [0.25, 0.3) is 0 Å². The highest BCUT2D eigenvalue weighted by Gasteiger charge is 2.34. The number of halogens is 6. The smallest absolute Gasteiger partial charge is 0.399 e. The Bertz CT molecular complexity index is 1360. The molecule has 3 aromatic carbocycles. The molecule has 0 amide bonds. The summed E-state index contributed by atoms with van der Waals surface area (Å²) in [6.07, 6.45) is 2.78. The van der Waals surface area contributed by atoms with Gasteiger partial charge in [0.1, 0.15) is 5.82 Å². The van der Waals surface area contributed by atoms with Crippen molar-refractivity contribution in [2.45, 2.75) is 51.8 Å². The zero-order chi connectivity index (χ0) is 26.6. The van der Waals surface area contributed by atoms with Crippen LogP contribution in [0.1, 0.15) is 42.9 Å². The molecule has 0 aliphatic carbocycles. The van der Waals surface area contributed by atoms with Gasteiger partial charge in [0, 0.05) is 23.3 Å². The fourth-order valence-corrected chi connectivity index (χ4v) is 4.13. The summed E-state index contributed by atoms with van der Waals surface area (Å²) in [6.45, 7) is 2.15. The number of fused-ring (bicyclic) bond motifs is 1. The van der Waals surface area contributed by atoms with Crippen molar-refractivity contribution in [3.8, 4) is 17.1 Å².